The third-order valence-corrected chi connectivity index (χ3v) is 12.3. The molecule has 0 rings (SSSR count). The van der Waals surface area contributed by atoms with Crippen LogP contribution >= 0.6 is 0 Å². The number of ether oxygens (including phenoxy) is 1. The summed E-state index contributed by atoms with van der Waals surface area (Å²) in [5, 5.41) is 0. The topological polar surface area (TPSA) is 43.4 Å². The number of hydrogen-bond acceptors (Lipinski definition) is 3. The molecular formula is C52H102O3. The highest BCUT2D eigenvalue weighted by atomic mass is 16.5. The number of carbonyl (C=O) groups is 2. The van der Waals surface area contributed by atoms with Gasteiger partial charge in [-0.2, -0.15) is 0 Å². The van der Waals surface area contributed by atoms with Gasteiger partial charge in [-0.25, -0.2) is 0 Å². The first-order valence-electron chi connectivity index (χ1n) is 25.8. The second kappa shape index (κ2) is 47.5. The fraction of sp³-hybridized carbons (Fsp3) is 0.962. The summed E-state index contributed by atoms with van der Waals surface area (Å²) >= 11 is 0. The van der Waals surface area contributed by atoms with Crippen molar-refractivity contribution in [3.8, 4) is 0 Å². The van der Waals surface area contributed by atoms with Crippen molar-refractivity contribution in [2.45, 2.75) is 310 Å². The van der Waals surface area contributed by atoms with Crippen molar-refractivity contribution < 1.29 is 14.3 Å². The standard InChI is InChI=1S/C52H102O3/c1-4-7-10-13-15-17-19-21-23-24-26-28-33-37-42-47-51(53)50(45-40-12-9-6-3)46-41-36-32-29-30-34-38-43-48-52(54)55-49-44-39-35-31-27-25-22-20-18-16-14-11-8-5-2/h50H,4-49H2,1-3H3. The Hall–Kier alpha value is -0.860. The number of carbonyl (C=O) groups excluding carboxylic acids is 2. The van der Waals surface area contributed by atoms with Gasteiger partial charge in [-0.15, -0.1) is 0 Å². The monoisotopic (exact) mass is 775 g/mol. The van der Waals surface area contributed by atoms with E-state index in [0.717, 1.165) is 44.9 Å². The Kier molecular flexibility index (Phi) is 46.8. The summed E-state index contributed by atoms with van der Waals surface area (Å²) in [6, 6.07) is 0. The summed E-state index contributed by atoms with van der Waals surface area (Å²) < 4.78 is 5.50. The minimum Gasteiger partial charge on any atom is -0.466 e. The number of hydrogen-bond donors (Lipinski definition) is 0. The van der Waals surface area contributed by atoms with Gasteiger partial charge >= 0.3 is 5.97 Å². The SMILES string of the molecule is CCCCCCCCCCCCCCCCCC(=O)C(CCCCCC)CCCCCCCCCCC(=O)OCCCCCCCCCCCCCCCC. The number of ketones is 1. The molecule has 0 aromatic heterocycles. The van der Waals surface area contributed by atoms with Crippen LogP contribution in [0.4, 0.5) is 0 Å². The van der Waals surface area contributed by atoms with E-state index in [1.165, 1.54) is 238 Å². The summed E-state index contributed by atoms with van der Waals surface area (Å²) in [6.45, 7) is 7.47. The molecule has 3 nitrogen and oxygen atoms in total. The van der Waals surface area contributed by atoms with Gasteiger partial charge < -0.3 is 4.74 Å². The van der Waals surface area contributed by atoms with E-state index >= 15 is 0 Å². The van der Waals surface area contributed by atoms with E-state index in [2.05, 4.69) is 20.8 Å². The molecule has 0 amide bonds. The molecule has 0 heterocycles. The molecule has 55 heavy (non-hydrogen) atoms. The highest BCUT2D eigenvalue weighted by molar-refractivity contribution is 5.80. The van der Waals surface area contributed by atoms with Crippen LogP contribution in [0.1, 0.15) is 310 Å². The number of unbranched alkanes of at least 4 members (excludes halogenated alkanes) is 37. The molecular weight excluding hydrogens is 673 g/mol. The molecule has 1 atom stereocenters. The largest absolute Gasteiger partial charge is 0.466 e. The van der Waals surface area contributed by atoms with Crippen molar-refractivity contribution in [1.29, 1.82) is 0 Å². The first kappa shape index (κ1) is 54.1. The summed E-state index contributed by atoms with van der Waals surface area (Å²) in [7, 11) is 0. The van der Waals surface area contributed by atoms with E-state index in [1.807, 2.05) is 0 Å². The lowest BCUT2D eigenvalue weighted by atomic mass is 9.88. The van der Waals surface area contributed by atoms with Crippen molar-refractivity contribution >= 4 is 11.8 Å². The van der Waals surface area contributed by atoms with E-state index in [4.69, 9.17) is 4.74 Å². The summed E-state index contributed by atoms with van der Waals surface area (Å²) in [5.41, 5.74) is 0. The molecule has 0 aromatic carbocycles. The lowest BCUT2D eigenvalue weighted by Crippen LogP contribution is -2.14. The average Bonchev–Trinajstić information content (AvgIpc) is 3.19. The number of Topliss-reactive ketones (excluding diaryl/α,β-unsaturated/α-hetero) is 1. The van der Waals surface area contributed by atoms with Gasteiger partial charge in [0.05, 0.1) is 6.61 Å². The highest BCUT2D eigenvalue weighted by Crippen LogP contribution is 2.23. The van der Waals surface area contributed by atoms with Crippen LogP contribution in [-0.4, -0.2) is 18.4 Å². The molecule has 0 saturated heterocycles. The Morgan fingerprint density at radius 1 is 0.309 bits per heavy atom. The van der Waals surface area contributed by atoms with Crippen molar-refractivity contribution in [3.63, 3.8) is 0 Å². The zero-order valence-corrected chi connectivity index (χ0v) is 38.3. The smallest absolute Gasteiger partial charge is 0.305 e. The van der Waals surface area contributed by atoms with Gasteiger partial charge in [0.1, 0.15) is 5.78 Å². The number of esters is 1. The molecule has 328 valence electrons. The molecule has 0 aliphatic heterocycles. The van der Waals surface area contributed by atoms with Crippen LogP contribution in [0.25, 0.3) is 0 Å². The third kappa shape index (κ3) is 44.1. The van der Waals surface area contributed by atoms with Gasteiger partial charge in [0.2, 0.25) is 0 Å². The van der Waals surface area contributed by atoms with E-state index in [0.29, 0.717) is 24.7 Å². The van der Waals surface area contributed by atoms with Crippen LogP contribution < -0.4 is 0 Å². The summed E-state index contributed by atoms with van der Waals surface area (Å²) in [5.74, 6) is 0.898. The molecule has 3 heteroatoms. The zero-order chi connectivity index (χ0) is 40.0. The minimum atomic E-state index is 0.00748. The molecule has 0 N–H and O–H groups in total. The average molecular weight is 775 g/mol. The maximum absolute atomic E-state index is 13.2. The fourth-order valence-corrected chi connectivity index (χ4v) is 8.43. The quantitative estimate of drug-likeness (QED) is 0.0457. The predicted molar refractivity (Wildman–Crippen MR) is 244 cm³/mol. The van der Waals surface area contributed by atoms with Crippen LogP contribution in [0, 0.1) is 5.92 Å². The lowest BCUT2D eigenvalue weighted by molar-refractivity contribution is -0.143. The second-order valence-electron chi connectivity index (χ2n) is 17.9. The molecule has 0 radical (unpaired) electrons. The Balaban J connectivity index is 3.70. The van der Waals surface area contributed by atoms with E-state index in [-0.39, 0.29) is 5.97 Å². The van der Waals surface area contributed by atoms with Crippen LogP contribution in [-0.2, 0) is 14.3 Å². The van der Waals surface area contributed by atoms with E-state index < -0.39 is 0 Å². The van der Waals surface area contributed by atoms with E-state index in [1.54, 1.807) is 0 Å². The maximum Gasteiger partial charge on any atom is 0.305 e. The molecule has 0 bridgehead atoms. The van der Waals surface area contributed by atoms with Gasteiger partial charge in [0.25, 0.3) is 0 Å². The molecule has 0 saturated carbocycles. The molecule has 0 aliphatic carbocycles. The Labute approximate surface area is 347 Å². The van der Waals surface area contributed by atoms with Gasteiger partial charge in [-0.1, -0.05) is 265 Å². The Morgan fingerprint density at radius 3 is 0.909 bits per heavy atom. The van der Waals surface area contributed by atoms with Gasteiger partial charge in [0.15, 0.2) is 0 Å². The molecule has 0 spiro atoms. The third-order valence-electron chi connectivity index (χ3n) is 12.3. The van der Waals surface area contributed by atoms with Crippen LogP contribution in [0.3, 0.4) is 0 Å². The number of rotatable bonds is 48. The summed E-state index contributed by atoms with van der Waals surface area (Å²) in [6.07, 6.45) is 58.0. The van der Waals surface area contributed by atoms with Gasteiger partial charge in [-0.3, -0.25) is 9.59 Å². The first-order chi connectivity index (χ1) is 27.2. The normalized spacial score (nSPS) is 12.1. The molecule has 1 unspecified atom stereocenters. The van der Waals surface area contributed by atoms with Crippen molar-refractivity contribution in [3.05, 3.63) is 0 Å². The Morgan fingerprint density at radius 2 is 0.564 bits per heavy atom. The first-order valence-corrected chi connectivity index (χ1v) is 25.8. The fourth-order valence-electron chi connectivity index (χ4n) is 8.43. The molecule has 0 aliphatic rings. The lowest BCUT2D eigenvalue weighted by Gasteiger charge is -2.16. The van der Waals surface area contributed by atoms with Crippen molar-refractivity contribution in [2.75, 3.05) is 6.61 Å². The Bertz CT molecular complexity index is 747. The van der Waals surface area contributed by atoms with Crippen molar-refractivity contribution in [1.82, 2.24) is 0 Å². The van der Waals surface area contributed by atoms with Crippen LogP contribution in [0.2, 0.25) is 0 Å². The van der Waals surface area contributed by atoms with E-state index in [9.17, 15) is 9.59 Å². The van der Waals surface area contributed by atoms with Crippen LogP contribution in [0.15, 0.2) is 0 Å². The molecule has 0 fully saturated rings. The molecule has 0 aromatic rings. The zero-order valence-electron chi connectivity index (χ0n) is 38.3. The summed E-state index contributed by atoms with van der Waals surface area (Å²) in [4.78, 5) is 25.3. The second-order valence-corrected chi connectivity index (χ2v) is 17.9. The maximum atomic E-state index is 13.2. The van der Waals surface area contributed by atoms with Gasteiger partial charge in [-0.05, 0) is 32.1 Å². The predicted octanol–water partition coefficient (Wildman–Crippen LogP) is 18.3. The van der Waals surface area contributed by atoms with Crippen molar-refractivity contribution in [2.24, 2.45) is 5.92 Å². The van der Waals surface area contributed by atoms with Gasteiger partial charge in [0, 0.05) is 18.8 Å². The highest BCUT2D eigenvalue weighted by Gasteiger charge is 2.17. The minimum absolute atomic E-state index is 0.00748. The van der Waals surface area contributed by atoms with Crippen LogP contribution in [0.5, 0.6) is 0 Å².